The van der Waals surface area contributed by atoms with Crippen LogP contribution in [0.15, 0.2) is 0 Å². The third-order valence-corrected chi connectivity index (χ3v) is 1.79. The Hall–Kier alpha value is -2.54. The number of hydrogen-bond acceptors (Lipinski definition) is 6. The van der Waals surface area contributed by atoms with E-state index in [1.807, 2.05) is 6.07 Å². The van der Waals surface area contributed by atoms with Gasteiger partial charge < -0.3 is 10.5 Å². The van der Waals surface area contributed by atoms with Crippen LogP contribution in [0.3, 0.4) is 0 Å². The van der Waals surface area contributed by atoms with E-state index < -0.39 is 5.97 Å². The summed E-state index contributed by atoms with van der Waals surface area (Å²) >= 11 is 0. The predicted octanol–water partition coefficient (Wildman–Crippen LogP) is 0.0373. The molecule has 0 saturated heterocycles. The van der Waals surface area contributed by atoms with E-state index in [4.69, 9.17) is 21.0 Å². The molecule has 0 aliphatic heterocycles. The third kappa shape index (κ3) is 1.93. The second-order valence-corrected chi connectivity index (χ2v) is 2.76. The zero-order valence-corrected chi connectivity index (χ0v) is 8.60. The number of ether oxygens (including phenoxy) is 1. The van der Waals surface area contributed by atoms with Crippen molar-refractivity contribution in [2.24, 2.45) is 0 Å². The number of aromatic nitrogens is 2. The monoisotopic (exact) mass is 219 g/mol. The van der Waals surface area contributed by atoms with Crippen LogP contribution in [0.1, 0.15) is 23.0 Å². The molecule has 7 heteroatoms. The number of esters is 1. The SMILES string of the molecule is CCOC(=O)c1nn(CC#N)c(N)c1C#N. The fourth-order valence-electron chi connectivity index (χ4n) is 1.12. The van der Waals surface area contributed by atoms with Crippen molar-refractivity contribution in [1.29, 1.82) is 10.5 Å². The smallest absolute Gasteiger partial charge is 0.360 e. The van der Waals surface area contributed by atoms with Crippen molar-refractivity contribution >= 4 is 11.8 Å². The topological polar surface area (TPSA) is 118 Å². The molecule has 0 aromatic carbocycles. The molecule has 1 rings (SSSR count). The highest BCUT2D eigenvalue weighted by atomic mass is 16.5. The second-order valence-electron chi connectivity index (χ2n) is 2.76. The molecule has 0 radical (unpaired) electrons. The minimum absolute atomic E-state index is 0.00731. The zero-order chi connectivity index (χ0) is 12.1. The van der Waals surface area contributed by atoms with Gasteiger partial charge in [-0.3, -0.25) is 0 Å². The summed E-state index contributed by atoms with van der Waals surface area (Å²) in [7, 11) is 0. The second kappa shape index (κ2) is 4.80. The molecule has 0 bridgehead atoms. The van der Waals surface area contributed by atoms with Crippen LogP contribution in [0, 0.1) is 22.7 Å². The number of nitrogens with zero attached hydrogens (tertiary/aromatic N) is 4. The van der Waals surface area contributed by atoms with E-state index in [2.05, 4.69) is 5.10 Å². The first-order valence-corrected chi connectivity index (χ1v) is 4.46. The van der Waals surface area contributed by atoms with Gasteiger partial charge in [0.05, 0.1) is 12.7 Å². The van der Waals surface area contributed by atoms with Gasteiger partial charge >= 0.3 is 5.97 Å². The normalized spacial score (nSPS) is 9.19. The molecule has 0 unspecified atom stereocenters. The minimum Gasteiger partial charge on any atom is -0.461 e. The average molecular weight is 219 g/mol. The quantitative estimate of drug-likeness (QED) is 0.717. The van der Waals surface area contributed by atoms with Crippen LogP contribution in [0.25, 0.3) is 0 Å². The largest absolute Gasteiger partial charge is 0.461 e. The van der Waals surface area contributed by atoms with Crippen molar-refractivity contribution in [3.63, 3.8) is 0 Å². The predicted molar refractivity (Wildman–Crippen MR) is 52.9 cm³/mol. The van der Waals surface area contributed by atoms with Gasteiger partial charge in [0.25, 0.3) is 0 Å². The van der Waals surface area contributed by atoms with E-state index in [1.165, 1.54) is 0 Å². The lowest BCUT2D eigenvalue weighted by atomic mass is 10.2. The van der Waals surface area contributed by atoms with Crippen LogP contribution >= 0.6 is 0 Å². The highest BCUT2D eigenvalue weighted by Crippen LogP contribution is 2.16. The molecule has 82 valence electrons. The van der Waals surface area contributed by atoms with Crippen molar-refractivity contribution in [2.45, 2.75) is 13.5 Å². The standard InChI is InChI=1S/C9H9N5O2/c1-2-16-9(15)7-6(5-11)8(12)14(13-7)4-3-10/h2,4,12H2,1H3. The zero-order valence-electron chi connectivity index (χ0n) is 8.60. The first-order valence-electron chi connectivity index (χ1n) is 4.46. The Labute approximate surface area is 91.6 Å². The summed E-state index contributed by atoms with van der Waals surface area (Å²) in [5, 5.41) is 21.1. The van der Waals surface area contributed by atoms with Crippen molar-refractivity contribution in [1.82, 2.24) is 9.78 Å². The molecular weight excluding hydrogens is 210 g/mol. The molecule has 1 heterocycles. The fourth-order valence-corrected chi connectivity index (χ4v) is 1.12. The van der Waals surface area contributed by atoms with E-state index in [0.29, 0.717) is 0 Å². The number of nitrogens with two attached hydrogens (primary N) is 1. The lowest BCUT2D eigenvalue weighted by molar-refractivity contribution is 0.0518. The summed E-state index contributed by atoms with van der Waals surface area (Å²) in [6, 6.07) is 3.58. The molecule has 0 aliphatic rings. The number of anilines is 1. The molecule has 16 heavy (non-hydrogen) atoms. The van der Waals surface area contributed by atoms with E-state index in [1.54, 1.807) is 13.0 Å². The number of nitriles is 2. The van der Waals surface area contributed by atoms with Crippen LogP contribution in [-0.4, -0.2) is 22.4 Å². The summed E-state index contributed by atoms with van der Waals surface area (Å²) < 4.78 is 5.80. The molecular formula is C9H9N5O2. The maximum Gasteiger partial charge on any atom is 0.360 e. The number of hydrogen-bond donors (Lipinski definition) is 1. The Morgan fingerprint density at radius 2 is 2.31 bits per heavy atom. The van der Waals surface area contributed by atoms with Gasteiger partial charge in [0.15, 0.2) is 5.69 Å². The van der Waals surface area contributed by atoms with Crippen molar-refractivity contribution in [2.75, 3.05) is 12.3 Å². The summed E-state index contributed by atoms with van der Waals surface area (Å²) in [6.07, 6.45) is 0. The summed E-state index contributed by atoms with van der Waals surface area (Å²) in [5.41, 5.74) is 5.34. The molecule has 1 aromatic heterocycles. The minimum atomic E-state index is -0.720. The summed E-state index contributed by atoms with van der Waals surface area (Å²) in [6.45, 7) is 1.69. The fraction of sp³-hybridized carbons (Fsp3) is 0.333. The van der Waals surface area contributed by atoms with Gasteiger partial charge in [-0.15, -0.1) is 0 Å². The molecule has 7 nitrogen and oxygen atoms in total. The van der Waals surface area contributed by atoms with E-state index in [-0.39, 0.29) is 30.2 Å². The Bertz CT molecular complexity index is 491. The van der Waals surface area contributed by atoms with Crippen LogP contribution < -0.4 is 5.73 Å². The molecule has 0 fully saturated rings. The van der Waals surface area contributed by atoms with Crippen molar-refractivity contribution in [3.8, 4) is 12.1 Å². The van der Waals surface area contributed by atoms with E-state index >= 15 is 0 Å². The lowest BCUT2D eigenvalue weighted by Crippen LogP contribution is -2.08. The van der Waals surface area contributed by atoms with Gasteiger partial charge in [0.2, 0.25) is 0 Å². The van der Waals surface area contributed by atoms with Crippen LogP contribution in [0.5, 0.6) is 0 Å². The number of nitrogen functional groups attached to an aromatic ring is 1. The number of carbonyl (C=O) groups is 1. The maximum absolute atomic E-state index is 11.4. The highest BCUT2D eigenvalue weighted by molar-refractivity contribution is 5.91. The van der Waals surface area contributed by atoms with Crippen LogP contribution in [0.2, 0.25) is 0 Å². The number of rotatable bonds is 3. The molecule has 0 aliphatic carbocycles. The van der Waals surface area contributed by atoms with Gasteiger partial charge in [-0.05, 0) is 6.92 Å². The maximum atomic E-state index is 11.4. The van der Waals surface area contributed by atoms with E-state index in [0.717, 1.165) is 4.68 Å². The Morgan fingerprint density at radius 3 is 2.81 bits per heavy atom. The highest BCUT2D eigenvalue weighted by Gasteiger charge is 2.22. The Morgan fingerprint density at radius 1 is 1.62 bits per heavy atom. The molecule has 2 N–H and O–H groups in total. The van der Waals surface area contributed by atoms with Gasteiger partial charge in [-0.25, -0.2) is 9.48 Å². The molecule has 0 spiro atoms. The van der Waals surface area contributed by atoms with Gasteiger partial charge in [-0.2, -0.15) is 15.6 Å². The average Bonchev–Trinajstić information content (AvgIpc) is 2.57. The summed E-state index contributed by atoms with van der Waals surface area (Å²) in [4.78, 5) is 11.4. The van der Waals surface area contributed by atoms with Gasteiger partial charge in [0.1, 0.15) is 24.0 Å². The van der Waals surface area contributed by atoms with Gasteiger partial charge in [-0.1, -0.05) is 0 Å². The molecule has 0 atom stereocenters. The van der Waals surface area contributed by atoms with Crippen molar-refractivity contribution in [3.05, 3.63) is 11.3 Å². The van der Waals surface area contributed by atoms with Crippen LogP contribution in [0.4, 0.5) is 5.82 Å². The first kappa shape index (κ1) is 11.5. The Kier molecular flexibility index (Phi) is 3.46. The Balaban J connectivity index is 3.20. The molecule has 0 saturated carbocycles. The molecule has 1 aromatic rings. The third-order valence-electron chi connectivity index (χ3n) is 1.79. The van der Waals surface area contributed by atoms with Gasteiger partial charge in [0, 0.05) is 0 Å². The van der Waals surface area contributed by atoms with Crippen molar-refractivity contribution < 1.29 is 9.53 Å². The van der Waals surface area contributed by atoms with Crippen LogP contribution in [-0.2, 0) is 11.3 Å². The summed E-state index contributed by atoms with van der Waals surface area (Å²) in [5.74, 6) is -0.727. The van der Waals surface area contributed by atoms with E-state index in [9.17, 15) is 4.79 Å². The first-order chi connectivity index (χ1) is 7.65. The lowest BCUT2D eigenvalue weighted by Gasteiger charge is -1.96. The molecule has 0 amide bonds. The number of carbonyl (C=O) groups excluding carboxylic acids is 1.